The quantitative estimate of drug-likeness (QED) is 0.698. The zero-order valence-corrected chi connectivity index (χ0v) is 12.1. The summed E-state index contributed by atoms with van der Waals surface area (Å²) in [5, 5.41) is 2.61. The van der Waals surface area contributed by atoms with Crippen molar-refractivity contribution in [2.45, 2.75) is 13.5 Å². The molecule has 1 aromatic heterocycles. The molecule has 1 saturated heterocycles. The molecule has 5 heteroatoms. The number of hydrogen-bond acceptors (Lipinski definition) is 3. The molecule has 0 radical (unpaired) electrons. The van der Waals surface area contributed by atoms with Crippen LogP contribution in [0, 0.1) is 6.92 Å². The van der Waals surface area contributed by atoms with E-state index in [0.29, 0.717) is 0 Å². The van der Waals surface area contributed by atoms with Gasteiger partial charge in [0.25, 0.3) is 5.91 Å². The second kappa shape index (κ2) is 5.81. The molecule has 0 spiro atoms. The lowest BCUT2D eigenvalue weighted by molar-refractivity contribution is -0.123. The number of imide groups is 1. The van der Waals surface area contributed by atoms with Crippen LogP contribution in [0.1, 0.15) is 16.7 Å². The van der Waals surface area contributed by atoms with E-state index >= 15 is 0 Å². The molecular formula is C17H15N3O2. The van der Waals surface area contributed by atoms with Gasteiger partial charge >= 0.3 is 6.03 Å². The van der Waals surface area contributed by atoms with Crippen molar-refractivity contribution in [2.24, 2.45) is 0 Å². The summed E-state index contributed by atoms with van der Waals surface area (Å²) in [6, 6.07) is 10.9. The topological polar surface area (TPSA) is 62.3 Å². The third kappa shape index (κ3) is 2.88. The predicted molar refractivity (Wildman–Crippen MR) is 82.5 cm³/mol. The van der Waals surface area contributed by atoms with Gasteiger partial charge in [0.2, 0.25) is 0 Å². The molecule has 3 rings (SSSR count). The summed E-state index contributed by atoms with van der Waals surface area (Å²) in [7, 11) is 0. The monoisotopic (exact) mass is 293 g/mol. The molecule has 5 nitrogen and oxygen atoms in total. The largest absolute Gasteiger partial charge is 0.329 e. The van der Waals surface area contributed by atoms with Crippen LogP contribution in [-0.4, -0.2) is 21.8 Å². The molecule has 0 unspecified atom stereocenters. The lowest BCUT2D eigenvalue weighted by atomic mass is 10.1. The fourth-order valence-electron chi connectivity index (χ4n) is 2.34. The summed E-state index contributed by atoms with van der Waals surface area (Å²) in [5.41, 5.74) is 3.05. The van der Waals surface area contributed by atoms with Gasteiger partial charge in [-0.3, -0.25) is 14.7 Å². The van der Waals surface area contributed by atoms with E-state index in [-0.39, 0.29) is 18.1 Å². The van der Waals surface area contributed by atoms with Crippen LogP contribution in [-0.2, 0) is 11.3 Å². The number of aryl methyl sites for hydroxylation is 1. The van der Waals surface area contributed by atoms with Crippen molar-refractivity contribution in [1.82, 2.24) is 15.2 Å². The highest BCUT2D eigenvalue weighted by atomic mass is 16.2. The number of urea groups is 1. The van der Waals surface area contributed by atoms with Crippen molar-refractivity contribution in [3.8, 4) is 0 Å². The first kappa shape index (κ1) is 14.0. The van der Waals surface area contributed by atoms with E-state index in [2.05, 4.69) is 10.3 Å². The Morgan fingerprint density at radius 2 is 2.09 bits per heavy atom. The SMILES string of the molecule is Cc1cccc(CN2C(=O)NC(=Cc3cccnc3)C2=O)c1. The first-order chi connectivity index (χ1) is 10.6. The molecule has 2 aromatic rings. The minimum absolute atomic E-state index is 0.261. The Morgan fingerprint density at radius 3 is 2.82 bits per heavy atom. The average molecular weight is 293 g/mol. The van der Waals surface area contributed by atoms with Gasteiger partial charge in [0, 0.05) is 12.4 Å². The van der Waals surface area contributed by atoms with Crippen LogP contribution in [0.15, 0.2) is 54.5 Å². The van der Waals surface area contributed by atoms with Crippen molar-refractivity contribution in [3.63, 3.8) is 0 Å². The van der Waals surface area contributed by atoms with Crippen LogP contribution in [0.25, 0.3) is 6.08 Å². The Morgan fingerprint density at radius 1 is 1.23 bits per heavy atom. The molecule has 0 saturated carbocycles. The zero-order valence-electron chi connectivity index (χ0n) is 12.1. The lowest BCUT2D eigenvalue weighted by Gasteiger charge is -2.12. The standard InChI is InChI=1S/C17H15N3O2/c1-12-4-2-5-14(8-12)11-20-16(21)15(19-17(20)22)9-13-6-3-7-18-10-13/h2-10H,11H2,1H3,(H,19,22). The van der Waals surface area contributed by atoms with E-state index in [1.54, 1.807) is 24.5 Å². The van der Waals surface area contributed by atoms with E-state index in [4.69, 9.17) is 0 Å². The number of carbonyl (C=O) groups excluding carboxylic acids is 2. The van der Waals surface area contributed by atoms with Crippen LogP contribution in [0.2, 0.25) is 0 Å². The third-order valence-corrected chi connectivity index (χ3v) is 3.38. The van der Waals surface area contributed by atoms with Gasteiger partial charge in [0.1, 0.15) is 5.70 Å². The normalized spacial score (nSPS) is 16.2. The summed E-state index contributed by atoms with van der Waals surface area (Å²) in [5.74, 6) is -0.324. The third-order valence-electron chi connectivity index (χ3n) is 3.38. The van der Waals surface area contributed by atoms with E-state index in [1.807, 2.05) is 37.3 Å². The molecule has 22 heavy (non-hydrogen) atoms. The molecule has 1 aliphatic heterocycles. The first-order valence-corrected chi connectivity index (χ1v) is 6.93. The number of carbonyl (C=O) groups is 2. The zero-order chi connectivity index (χ0) is 15.5. The Labute approximate surface area is 128 Å². The lowest BCUT2D eigenvalue weighted by Crippen LogP contribution is -2.30. The second-order valence-corrected chi connectivity index (χ2v) is 5.15. The molecule has 0 atom stereocenters. The molecule has 0 aliphatic carbocycles. The highest BCUT2D eigenvalue weighted by molar-refractivity contribution is 6.13. The van der Waals surface area contributed by atoms with Gasteiger partial charge in [-0.25, -0.2) is 4.79 Å². The van der Waals surface area contributed by atoms with Crippen LogP contribution in [0.4, 0.5) is 4.79 Å². The fourth-order valence-corrected chi connectivity index (χ4v) is 2.34. The second-order valence-electron chi connectivity index (χ2n) is 5.15. The number of pyridine rings is 1. The summed E-state index contributed by atoms with van der Waals surface area (Å²) in [6.07, 6.45) is 4.92. The number of aromatic nitrogens is 1. The maximum Gasteiger partial charge on any atom is 0.329 e. The van der Waals surface area contributed by atoms with Crippen LogP contribution in [0.3, 0.4) is 0 Å². The molecule has 1 fully saturated rings. The van der Waals surface area contributed by atoms with Gasteiger partial charge in [-0.1, -0.05) is 35.9 Å². The van der Waals surface area contributed by atoms with Crippen molar-refractivity contribution in [1.29, 1.82) is 0 Å². The van der Waals surface area contributed by atoms with Gasteiger partial charge in [-0.05, 0) is 30.2 Å². The van der Waals surface area contributed by atoms with Gasteiger partial charge < -0.3 is 5.32 Å². The summed E-state index contributed by atoms with van der Waals surface area (Å²) in [4.78, 5) is 29.6. The van der Waals surface area contributed by atoms with Crippen molar-refractivity contribution < 1.29 is 9.59 Å². The summed E-state index contributed by atoms with van der Waals surface area (Å²) >= 11 is 0. The Bertz CT molecular complexity index is 754. The van der Waals surface area contributed by atoms with E-state index in [0.717, 1.165) is 16.7 Å². The minimum Gasteiger partial charge on any atom is -0.303 e. The number of nitrogens with one attached hydrogen (secondary N) is 1. The van der Waals surface area contributed by atoms with Crippen molar-refractivity contribution in [2.75, 3.05) is 0 Å². The van der Waals surface area contributed by atoms with Gasteiger partial charge in [-0.15, -0.1) is 0 Å². The number of hydrogen-bond donors (Lipinski definition) is 1. The molecular weight excluding hydrogens is 278 g/mol. The Hall–Kier alpha value is -2.95. The maximum absolute atomic E-state index is 12.4. The number of amides is 3. The van der Waals surface area contributed by atoms with Crippen LogP contribution in [0.5, 0.6) is 0 Å². The predicted octanol–water partition coefficient (Wildman–Crippen LogP) is 2.48. The fraction of sp³-hybridized carbons (Fsp3) is 0.118. The van der Waals surface area contributed by atoms with Crippen molar-refractivity contribution >= 4 is 18.0 Å². The van der Waals surface area contributed by atoms with E-state index in [1.165, 1.54) is 4.90 Å². The Kier molecular flexibility index (Phi) is 3.70. The van der Waals surface area contributed by atoms with Gasteiger partial charge in [0.05, 0.1) is 6.54 Å². The van der Waals surface area contributed by atoms with Crippen molar-refractivity contribution in [3.05, 3.63) is 71.2 Å². The minimum atomic E-state index is -0.401. The van der Waals surface area contributed by atoms with Crippen LogP contribution >= 0.6 is 0 Å². The average Bonchev–Trinajstić information content (AvgIpc) is 2.76. The molecule has 3 amide bonds. The maximum atomic E-state index is 12.4. The number of nitrogens with zero attached hydrogens (tertiary/aromatic N) is 2. The highest BCUT2D eigenvalue weighted by Crippen LogP contribution is 2.17. The van der Waals surface area contributed by atoms with Gasteiger partial charge in [0.15, 0.2) is 0 Å². The summed E-state index contributed by atoms with van der Waals surface area (Å²) in [6.45, 7) is 2.24. The van der Waals surface area contributed by atoms with E-state index in [9.17, 15) is 9.59 Å². The number of benzene rings is 1. The molecule has 110 valence electrons. The molecule has 2 heterocycles. The molecule has 1 N–H and O–H groups in total. The molecule has 1 aromatic carbocycles. The molecule has 0 bridgehead atoms. The van der Waals surface area contributed by atoms with Crippen LogP contribution < -0.4 is 5.32 Å². The highest BCUT2D eigenvalue weighted by Gasteiger charge is 2.33. The Balaban J connectivity index is 1.81. The summed E-state index contributed by atoms with van der Waals surface area (Å²) < 4.78 is 0. The number of rotatable bonds is 3. The smallest absolute Gasteiger partial charge is 0.303 e. The molecule has 1 aliphatic rings. The van der Waals surface area contributed by atoms with Gasteiger partial charge in [-0.2, -0.15) is 0 Å². The first-order valence-electron chi connectivity index (χ1n) is 6.93. The van der Waals surface area contributed by atoms with E-state index < -0.39 is 6.03 Å².